The molecule has 0 spiro atoms. The second kappa shape index (κ2) is 13.0. The van der Waals surface area contributed by atoms with E-state index in [1.54, 1.807) is 0 Å². The van der Waals surface area contributed by atoms with Crippen LogP contribution in [0.25, 0.3) is 11.1 Å². The topological polar surface area (TPSA) is 108 Å². The van der Waals surface area contributed by atoms with E-state index in [-0.39, 0.29) is 46.4 Å². The van der Waals surface area contributed by atoms with Crippen LogP contribution in [0.2, 0.25) is 5.02 Å². The third-order valence-electron chi connectivity index (χ3n) is 6.25. The first kappa shape index (κ1) is 28.5. The Kier molecular flexibility index (Phi) is 10.00. The molecule has 1 heterocycles. The van der Waals surface area contributed by atoms with Crippen molar-refractivity contribution in [1.29, 1.82) is 0 Å². The predicted molar refractivity (Wildman–Crippen MR) is 140 cm³/mol. The second-order valence-electron chi connectivity index (χ2n) is 8.44. The zero-order valence-electron chi connectivity index (χ0n) is 20.6. The molecule has 0 radical (unpaired) electrons. The Morgan fingerprint density at radius 2 is 1.86 bits per heavy atom. The minimum Gasteiger partial charge on any atom is -0.488 e. The van der Waals surface area contributed by atoms with Crippen molar-refractivity contribution < 1.29 is 28.2 Å². The highest BCUT2D eigenvalue weighted by Gasteiger charge is 2.43. The van der Waals surface area contributed by atoms with Crippen LogP contribution in [0.15, 0.2) is 48.5 Å². The summed E-state index contributed by atoms with van der Waals surface area (Å²) in [4.78, 5) is 11.9. The van der Waals surface area contributed by atoms with E-state index in [0.29, 0.717) is 31.2 Å². The number of carbonyl (C=O) groups is 1. The highest BCUT2D eigenvalue weighted by molar-refractivity contribution is 6.34. The molecule has 3 aromatic rings. The number of carbonyl (C=O) groups excluding carboxylic acids is 1. The highest BCUT2D eigenvalue weighted by atomic mass is 35.5. The van der Waals surface area contributed by atoms with Crippen molar-refractivity contribution in [2.45, 2.75) is 31.3 Å². The number of unbranched alkanes of at least 4 members (excludes halogenated alkanes) is 1. The zero-order valence-corrected chi connectivity index (χ0v) is 21.4. The van der Waals surface area contributed by atoms with Gasteiger partial charge in [-0.05, 0) is 50.6 Å². The van der Waals surface area contributed by atoms with Gasteiger partial charge >= 0.3 is 0 Å². The molecular formula is C28H31ClF2N2O4. The van der Waals surface area contributed by atoms with Crippen molar-refractivity contribution in [2.24, 2.45) is 11.5 Å². The van der Waals surface area contributed by atoms with Crippen LogP contribution in [0.1, 0.15) is 40.7 Å². The number of nitrogens with two attached hydrogens (primary N) is 2. The molecule has 37 heavy (non-hydrogen) atoms. The molecule has 1 aliphatic heterocycles. The monoisotopic (exact) mass is 532 g/mol. The smallest absolute Gasteiger partial charge is 0.173 e. The van der Waals surface area contributed by atoms with E-state index >= 15 is 8.78 Å². The molecule has 0 bridgehead atoms. The largest absolute Gasteiger partial charge is 0.488 e. The van der Waals surface area contributed by atoms with Crippen LogP contribution < -0.4 is 20.9 Å². The Morgan fingerprint density at radius 3 is 2.51 bits per heavy atom. The maximum absolute atomic E-state index is 15.7. The van der Waals surface area contributed by atoms with E-state index in [2.05, 4.69) is 5.73 Å². The highest BCUT2D eigenvalue weighted by Crippen LogP contribution is 2.51. The Balaban J connectivity index is 0.00000186. The molecule has 3 aromatic carbocycles. The minimum absolute atomic E-state index is 0.00566. The molecule has 9 heteroatoms. The first-order valence-corrected chi connectivity index (χ1v) is 12.4. The quantitative estimate of drug-likeness (QED) is 0.250. The molecule has 0 aromatic heterocycles. The van der Waals surface area contributed by atoms with Gasteiger partial charge in [0.25, 0.3) is 0 Å². The number of hydrogen-bond donors (Lipinski definition) is 3. The summed E-state index contributed by atoms with van der Waals surface area (Å²) in [7, 11) is 1.50. The molecule has 0 saturated carbocycles. The summed E-state index contributed by atoms with van der Waals surface area (Å²) in [5.74, 6) is -1.58. The van der Waals surface area contributed by atoms with Gasteiger partial charge in [0.1, 0.15) is 23.8 Å². The van der Waals surface area contributed by atoms with Crippen molar-refractivity contribution in [3.63, 3.8) is 0 Å². The number of aliphatic hydroxyl groups is 1. The molecule has 1 atom stereocenters. The summed E-state index contributed by atoms with van der Waals surface area (Å²) in [6, 6.07) is 13.4. The van der Waals surface area contributed by atoms with Crippen molar-refractivity contribution in [2.75, 3.05) is 26.8 Å². The van der Waals surface area contributed by atoms with Crippen LogP contribution in [-0.2, 0) is 12.0 Å². The number of fused-ring (bicyclic) bond motifs is 1. The molecule has 0 fully saturated rings. The Labute approximate surface area is 220 Å². The van der Waals surface area contributed by atoms with Crippen LogP contribution in [0.4, 0.5) is 8.78 Å². The standard InChI is InChI=1S/C27H26ClF2NO4.CH5N/c28-25-20(29)14-22-19(15-27(35-22,10-4-5-11-31)18-6-2-1-3-7-18)24(25)23-17(16-33)8-9-21(26(23)30)34-13-12-32;1-2/h1-3,6-9,14,16,32H,4-5,10-13,15,31H2;2H2,1H3. The van der Waals surface area contributed by atoms with Gasteiger partial charge < -0.3 is 26.0 Å². The van der Waals surface area contributed by atoms with E-state index in [9.17, 15) is 4.79 Å². The number of rotatable bonds is 10. The maximum Gasteiger partial charge on any atom is 0.173 e. The van der Waals surface area contributed by atoms with Crippen LogP contribution in [0.3, 0.4) is 0 Å². The van der Waals surface area contributed by atoms with Crippen LogP contribution >= 0.6 is 11.6 Å². The van der Waals surface area contributed by atoms with E-state index in [4.69, 9.17) is 31.9 Å². The fourth-order valence-corrected chi connectivity index (χ4v) is 4.90. The number of halogens is 3. The summed E-state index contributed by atoms with van der Waals surface area (Å²) in [6.45, 7) is 0.0573. The summed E-state index contributed by atoms with van der Waals surface area (Å²) < 4.78 is 42.4. The van der Waals surface area contributed by atoms with E-state index < -0.39 is 17.2 Å². The third kappa shape index (κ3) is 5.78. The van der Waals surface area contributed by atoms with E-state index in [1.807, 2.05) is 30.3 Å². The first-order valence-electron chi connectivity index (χ1n) is 12.0. The summed E-state index contributed by atoms with van der Waals surface area (Å²) in [5.41, 5.74) is 10.7. The fraction of sp³-hybridized carbons (Fsp3) is 0.321. The number of benzene rings is 3. The van der Waals surface area contributed by atoms with Gasteiger partial charge in [-0.15, -0.1) is 0 Å². The summed E-state index contributed by atoms with van der Waals surface area (Å²) in [6.07, 6.45) is 2.94. The molecule has 6 nitrogen and oxygen atoms in total. The molecule has 198 valence electrons. The number of ether oxygens (including phenoxy) is 2. The Morgan fingerprint density at radius 1 is 1.14 bits per heavy atom. The SMILES string of the molecule is CN.NCCCCC1(c2ccccc2)Cc2c(cc(F)c(Cl)c2-c2c(C=O)ccc(OCCO)c2F)O1. The molecule has 0 saturated heterocycles. The lowest BCUT2D eigenvalue weighted by molar-refractivity contribution is 0.0793. The Hall–Kier alpha value is -3.04. The molecule has 4 rings (SSSR count). The zero-order chi connectivity index (χ0) is 27.0. The average Bonchev–Trinajstić information content (AvgIpc) is 3.30. The normalized spacial score (nSPS) is 15.9. The molecule has 5 N–H and O–H groups in total. The van der Waals surface area contributed by atoms with Crippen LogP contribution in [-0.4, -0.2) is 38.2 Å². The van der Waals surface area contributed by atoms with Gasteiger partial charge in [-0.1, -0.05) is 41.9 Å². The Bertz CT molecular complexity index is 1230. The molecule has 0 aliphatic carbocycles. The van der Waals surface area contributed by atoms with Crippen LogP contribution in [0.5, 0.6) is 11.5 Å². The molecule has 0 amide bonds. The van der Waals surface area contributed by atoms with Crippen molar-refractivity contribution in [3.05, 3.63) is 81.9 Å². The third-order valence-corrected chi connectivity index (χ3v) is 6.62. The average molecular weight is 533 g/mol. The van der Waals surface area contributed by atoms with E-state index in [1.165, 1.54) is 25.2 Å². The van der Waals surface area contributed by atoms with Gasteiger partial charge in [0.15, 0.2) is 17.9 Å². The number of aldehydes is 1. The lowest BCUT2D eigenvalue weighted by Gasteiger charge is -2.29. The molecule has 1 unspecified atom stereocenters. The lowest BCUT2D eigenvalue weighted by atomic mass is 9.82. The number of aliphatic hydroxyl groups excluding tert-OH is 1. The fourth-order valence-electron chi connectivity index (χ4n) is 4.63. The van der Waals surface area contributed by atoms with Gasteiger partial charge in [-0.25, -0.2) is 8.78 Å². The van der Waals surface area contributed by atoms with Gasteiger partial charge in [0.05, 0.1) is 11.6 Å². The van der Waals surface area contributed by atoms with Crippen molar-refractivity contribution in [1.82, 2.24) is 0 Å². The summed E-state index contributed by atoms with van der Waals surface area (Å²) >= 11 is 6.42. The van der Waals surface area contributed by atoms with E-state index in [0.717, 1.165) is 18.4 Å². The van der Waals surface area contributed by atoms with Gasteiger partial charge in [0, 0.05) is 34.7 Å². The summed E-state index contributed by atoms with van der Waals surface area (Å²) in [5, 5.41) is 8.76. The van der Waals surface area contributed by atoms with Crippen molar-refractivity contribution >= 4 is 17.9 Å². The molecule has 1 aliphatic rings. The first-order chi connectivity index (χ1) is 18.0. The maximum atomic E-state index is 15.7. The van der Waals surface area contributed by atoms with Gasteiger partial charge in [-0.2, -0.15) is 0 Å². The molecular weight excluding hydrogens is 502 g/mol. The van der Waals surface area contributed by atoms with Gasteiger partial charge in [-0.3, -0.25) is 4.79 Å². The predicted octanol–water partition coefficient (Wildman–Crippen LogP) is 5.00. The van der Waals surface area contributed by atoms with Crippen molar-refractivity contribution in [3.8, 4) is 22.6 Å². The van der Waals surface area contributed by atoms with Crippen LogP contribution in [0, 0.1) is 11.6 Å². The lowest BCUT2D eigenvalue weighted by Crippen LogP contribution is -2.31. The second-order valence-corrected chi connectivity index (χ2v) is 8.82. The van der Waals surface area contributed by atoms with Gasteiger partial charge in [0.2, 0.25) is 0 Å². The minimum atomic E-state index is -0.863. The number of hydrogen-bond acceptors (Lipinski definition) is 6.